The summed E-state index contributed by atoms with van der Waals surface area (Å²) < 4.78 is 18.4. The zero-order valence-electron chi connectivity index (χ0n) is 9.46. The monoisotopic (exact) mass is 211 g/mol. The third-order valence-corrected chi connectivity index (χ3v) is 2.41. The summed E-state index contributed by atoms with van der Waals surface area (Å²) in [6, 6.07) is 6.71. The number of halogens is 1. The molecule has 84 valence electrons. The van der Waals surface area contributed by atoms with Crippen LogP contribution in [0.3, 0.4) is 0 Å². The normalized spacial score (nSPS) is 14.9. The van der Waals surface area contributed by atoms with E-state index in [9.17, 15) is 4.39 Å². The Morgan fingerprint density at radius 1 is 1.47 bits per heavy atom. The molecule has 0 heterocycles. The van der Waals surface area contributed by atoms with Gasteiger partial charge in [-0.25, -0.2) is 4.39 Å². The van der Waals surface area contributed by atoms with E-state index >= 15 is 0 Å². The Morgan fingerprint density at radius 3 is 2.73 bits per heavy atom. The van der Waals surface area contributed by atoms with Crippen molar-refractivity contribution < 1.29 is 9.13 Å². The van der Waals surface area contributed by atoms with Crippen molar-refractivity contribution in [3.63, 3.8) is 0 Å². The molecule has 2 nitrogen and oxygen atoms in total. The van der Waals surface area contributed by atoms with Crippen LogP contribution < -0.4 is 5.32 Å². The van der Waals surface area contributed by atoms with Gasteiger partial charge in [-0.3, -0.25) is 0 Å². The number of rotatable bonds is 5. The van der Waals surface area contributed by atoms with Gasteiger partial charge < -0.3 is 10.1 Å². The van der Waals surface area contributed by atoms with Gasteiger partial charge in [0.25, 0.3) is 0 Å². The molecule has 1 N–H and O–H groups in total. The molecule has 0 saturated carbocycles. The number of benzene rings is 1. The van der Waals surface area contributed by atoms with Crippen LogP contribution in [0.4, 0.5) is 4.39 Å². The highest BCUT2D eigenvalue weighted by Crippen LogP contribution is 2.21. The number of hydrogen-bond acceptors (Lipinski definition) is 2. The highest BCUT2D eigenvalue weighted by molar-refractivity contribution is 5.20. The van der Waals surface area contributed by atoms with Gasteiger partial charge in [0, 0.05) is 13.2 Å². The molecule has 1 aromatic carbocycles. The molecule has 0 aliphatic heterocycles. The summed E-state index contributed by atoms with van der Waals surface area (Å²) in [4.78, 5) is 0. The van der Waals surface area contributed by atoms with Crippen molar-refractivity contribution in [2.45, 2.75) is 26.0 Å². The Kier molecular flexibility index (Phi) is 4.72. The van der Waals surface area contributed by atoms with Gasteiger partial charge >= 0.3 is 0 Å². The van der Waals surface area contributed by atoms with Crippen LogP contribution in [0.2, 0.25) is 0 Å². The average molecular weight is 211 g/mol. The van der Waals surface area contributed by atoms with Gasteiger partial charge in [0.15, 0.2) is 0 Å². The van der Waals surface area contributed by atoms with E-state index in [1.54, 1.807) is 13.2 Å². The Balaban J connectivity index is 2.82. The molecule has 0 aliphatic carbocycles. The summed E-state index contributed by atoms with van der Waals surface area (Å²) in [5.74, 6) is -0.224. The van der Waals surface area contributed by atoms with Crippen LogP contribution in [0.5, 0.6) is 0 Å². The summed E-state index contributed by atoms with van der Waals surface area (Å²) in [6.07, 6.45) is -0.111. The first kappa shape index (κ1) is 12.1. The zero-order valence-corrected chi connectivity index (χ0v) is 9.46. The minimum Gasteiger partial charge on any atom is -0.375 e. The van der Waals surface area contributed by atoms with Crippen LogP contribution in [-0.2, 0) is 4.74 Å². The summed E-state index contributed by atoms with van der Waals surface area (Å²) in [7, 11) is 1.64. The summed E-state index contributed by atoms with van der Waals surface area (Å²) >= 11 is 0. The van der Waals surface area contributed by atoms with Crippen LogP contribution in [0, 0.1) is 5.82 Å². The summed E-state index contributed by atoms with van der Waals surface area (Å²) in [5.41, 5.74) is 0.867. The molecule has 0 aromatic heterocycles. The molecule has 2 atom stereocenters. The third kappa shape index (κ3) is 3.29. The minimum atomic E-state index is -0.224. The molecule has 0 spiro atoms. The minimum absolute atomic E-state index is 0.111. The lowest BCUT2D eigenvalue weighted by Crippen LogP contribution is -2.32. The van der Waals surface area contributed by atoms with Gasteiger partial charge in [0.2, 0.25) is 0 Å². The van der Waals surface area contributed by atoms with Crippen molar-refractivity contribution in [3.8, 4) is 0 Å². The molecule has 0 aliphatic rings. The quantitative estimate of drug-likeness (QED) is 0.808. The zero-order chi connectivity index (χ0) is 11.3. The van der Waals surface area contributed by atoms with Gasteiger partial charge in [0.05, 0.1) is 6.10 Å². The molecule has 0 saturated heterocycles. The van der Waals surface area contributed by atoms with Crippen molar-refractivity contribution in [1.82, 2.24) is 5.32 Å². The van der Waals surface area contributed by atoms with Crippen LogP contribution in [0.15, 0.2) is 24.3 Å². The molecular weight excluding hydrogens is 193 g/mol. The second kappa shape index (κ2) is 5.83. The Bertz CT molecular complexity index is 303. The van der Waals surface area contributed by atoms with E-state index in [0.29, 0.717) is 0 Å². The molecule has 2 unspecified atom stereocenters. The molecule has 0 radical (unpaired) electrons. The van der Waals surface area contributed by atoms with Crippen molar-refractivity contribution >= 4 is 0 Å². The van der Waals surface area contributed by atoms with Gasteiger partial charge in [-0.05, 0) is 31.2 Å². The number of nitrogens with one attached hydrogen (secondary N) is 1. The van der Waals surface area contributed by atoms with Crippen LogP contribution >= 0.6 is 0 Å². The highest BCUT2D eigenvalue weighted by Gasteiger charge is 2.17. The van der Waals surface area contributed by atoms with Gasteiger partial charge in [-0.2, -0.15) is 0 Å². The Hall–Kier alpha value is -0.930. The molecule has 3 heteroatoms. The molecule has 0 fully saturated rings. The van der Waals surface area contributed by atoms with E-state index in [1.807, 2.05) is 19.9 Å². The third-order valence-electron chi connectivity index (χ3n) is 2.41. The fourth-order valence-corrected chi connectivity index (χ4v) is 1.74. The lowest BCUT2D eigenvalue weighted by Gasteiger charge is -2.23. The fraction of sp³-hybridized carbons (Fsp3) is 0.500. The predicted octanol–water partition coefficient (Wildman–Crippen LogP) is 2.51. The highest BCUT2D eigenvalue weighted by atomic mass is 19.1. The summed E-state index contributed by atoms with van der Waals surface area (Å²) in [6.45, 7) is 4.94. The molecule has 15 heavy (non-hydrogen) atoms. The predicted molar refractivity (Wildman–Crippen MR) is 59.3 cm³/mol. The maximum Gasteiger partial charge on any atom is 0.123 e. The first-order valence-electron chi connectivity index (χ1n) is 5.20. The fourth-order valence-electron chi connectivity index (χ4n) is 1.74. The molecule has 1 rings (SSSR count). The number of likely N-dealkylation sites (N-methyl/N-ethyl adjacent to an activating group) is 1. The second-order valence-electron chi connectivity index (χ2n) is 3.56. The van der Waals surface area contributed by atoms with Crippen LogP contribution in [0.25, 0.3) is 0 Å². The number of methoxy groups -OCH3 is 1. The maximum atomic E-state index is 13.0. The standard InChI is InChI=1S/C12H18FNO/c1-4-14-9(2)12(15-3)10-6-5-7-11(13)8-10/h5-9,12,14H,4H2,1-3H3. The van der Waals surface area contributed by atoms with Crippen molar-refractivity contribution in [1.29, 1.82) is 0 Å². The van der Waals surface area contributed by atoms with E-state index in [-0.39, 0.29) is 18.0 Å². The number of ether oxygens (including phenoxy) is 1. The largest absolute Gasteiger partial charge is 0.375 e. The van der Waals surface area contributed by atoms with E-state index in [1.165, 1.54) is 12.1 Å². The van der Waals surface area contributed by atoms with Crippen LogP contribution in [-0.4, -0.2) is 19.7 Å². The van der Waals surface area contributed by atoms with E-state index in [0.717, 1.165) is 12.1 Å². The van der Waals surface area contributed by atoms with Crippen molar-refractivity contribution in [2.75, 3.05) is 13.7 Å². The van der Waals surface area contributed by atoms with Crippen molar-refractivity contribution in [3.05, 3.63) is 35.6 Å². The molecule has 0 bridgehead atoms. The van der Waals surface area contributed by atoms with Gasteiger partial charge in [-0.1, -0.05) is 19.1 Å². The second-order valence-corrected chi connectivity index (χ2v) is 3.56. The summed E-state index contributed by atoms with van der Waals surface area (Å²) in [5, 5.41) is 3.27. The van der Waals surface area contributed by atoms with Gasteiger partial charge in [-0.15, -0.1) is 0 Å². The first-order chi connectivity index (χ1) is 7.19. The lowest BCUT2D eigenvalue weighted by molar-refractivity contribution is 0.0739. The topological polar surface area (TPSA) is 21.3 Å². The first-order valence-corrected chi connectivity index (χ1v) is 5.20. The smallest absolute Gasteiger partial charge is 0.123 e. The van der Waals surface area contributed by atoms with E-state index in [2.05, 4.69) is 5.32 Å². The van der Waals surface area contributed by atoms with Gasteiger partial charge in [0.1, 0.15) is 5.82 Å². The SMILES string of the molecule is CCNC(C)C(OC)c1cccc(F)c1. The molecule has 0 amide bonds. The Morgan fingerprint density at radius 2 is 2.20 bits per heavy atom. The van der Waals surface area contributed by atoms with Crippen LogP contribution in [0.1, 0.15) is 25.5 Å². The molecular formula is C12H18FNO. The number of hydrogen-bond donors (Lipinski definition) is 1. The Labute approximate surface area is 90.4 Å². The molecule has 1 aromatic rings. The maximum absolute atomic E-state index is 13.0. The van der Waals surface area contributed by atoms with Crippen molar-refractivity contribution in [2.24, 2.45) is 0 Å². The average Bonchev–Trinajstić information content (AvgIpc) is 2.19. The lowest BCUT2D eigenvalue weighted by atomic mass is 10.0. The van der Waals surface area contributed by atoms with E-state index < -0.39 is 0 Å². The van der Waals surface area contributed by atoms with E-state index in [4.69, 9.17) is 4.74 Å².